The molecule has 0 bridgehead atoms. The van der Waals surface area contributed by atoms with E-state index in [2.05, 4.69) is 10.4 Å². The third-order valence-electron chi connectivity index (χ3n) is 4.08. The fourth-order valence-electron chi connectivity index (χ4n) is 2.48. The Morgan fingerprint density at radius 3 is 2.50 bits per heavy atom. The van der Waals surface area contributed by atoms with Gasteiger partial charge < -0.3 is 15.8 Å². The number of nitrogens with zero attached hydrogens (tertiary/aromatic N) is 2. The molecule has 9 heteroatoms. The van der Waals surface area contributed by atoms with Crippen LogP contribution < -0.4 is 11.1 Å². The molecule has 0 aliphatic heterocycles. The molecule has 0 unspecified atom stereocenters. The molecule has 28 heavy (non-hydrogen) atoms. The largest absolute Gasteiger partial charge is 0.449 e. The molecular weight excluding hydrogens is 384 g/mol. The molecule has 3 N–H and O–H groups in total. The Morgan fingerprint density at radius 1 is 1.29 bits per heavy atom. The van der Waals surface area contributed by atoms with Gasteiger partial charge in [-0.1, -0.05) is 24.9 Å². The van der Waals surface area contributed by atoms with Gasteiger partial charge in [0.15, 0.2) is 6.10 Å². The van der Waals surface area contributed by atoms with E-state index in [1.165, 1.54) is 31.2 Å². The highest BCUT2D eigenvalue weighted by molar-refractivity contribution is 6.32. The van der Waals surface area contributed by atoms with E-state index in [9.17, 15) is 14.4 Å². The monoisotopic (exact) mass is 406 g/mol. The lowest BCUT2D eigenvalue weighted by molar-refractivity contribution is -0.123. The Labute approximate surface area is 168 Å². The quantitative estimate of drug-likeness (QED) is 0.653. The smallest absolute Gasteiger partial charge is 0.343 e. The highest BCUT2D eigenvalue weighted by Gasteiger charge is 2.25. The van der Waals surface area contributed by atoms with Gasteiger partial charge in [-0.2, -0.15) is 5.10 Å². The molecule has 8 nitrogen and oxygen atoms in total. The van der Waals surface area contributed by atoms with E-state index in [1.807, 2.05) is 6.92 Å². The molecule has 1 atom stereocenters. The fraction of sp³-hybridized carbons (Fsp3) is 0.368. The zero-order valence-electron chi connectivity index (χ0n) is 16.0. The summed E-state index contributed by atoms with van der Waals surface area (Å²) in [5, 5.41) is 7.06. The molecule has 0 aliphatic rings. The number of carbonyl (C=O) groups excluding carboxylic acids is 3. The van der Waals surface area contributed by atoms with Crippen molar-refractivity contribution in [3.8, 4) is 0 Å². The minimum absolute atomic E-state index is 0.156. The maximum Gasteiger partial charge on any atom is 0.343 e. The van der Waals surface area contributed by atoms with Gasteiger partial charge in [-0.25, -0.2) is 4.79 Å². The molecule has 0 aliphatic carbocycles. The van der Waals surface area contributed by atoms with Crippen LogP contribution >= 0.6 is 11.6 Å². The molecular formula is C19H23ClN4O4. The Balaban J connectivity index is 2.02. The highest BCUT2D eigenvalue weighted by Crippen LogP contribution is 2.22. The molecule has 1 aromatic carbocycles. The van der Waals surface area contributed by atoms with Gasteiger partial charge >= 0.3 is 5.97 Å². The number of benzene rings is 1. The number of unbranched alkanes of at least 4 members (excludes halogenated alkanes) is 1. The molecule has 0 fully saturated rings. The van der Waals surface area contributed by atoms with Crippen molar-refractivity contribution in [3.05, 3.63) is 46.2 Å². The molecule has 1 heterocycles. The van der Waals surface area contributed by atoms with E-state index in [4.69, 9.17) is 22.1 Å². The van der Waals surface area contributed by atoms with Crippen molar-refractivity contribution in [1.29, 1.82) is 0 Å². The number of primary amides is 1. The Bertz CT molecular complexity index is 877. The first-order valence-electron chi connectivity index (χ1n) is 8.89. The summed E-state index contributed by atoms with van der Waals surface area (Å²) >= 11 is 6.25. The van der Waals surface area contributed by atoms with Crippen LogP contribution in [0, 0.1) is 6.92 Å². The van der Waals surface area contributed by atoms with E-state index in [1.54, 1.807) is 11.6 Å². The molecule has 0 saturated heterocycles. The van der Waals surface area contributed by atoms with Crippen LogP contribution in [0.15, 0.2) is 24.3 Å². The summed E-state index contributed by atoms with van der Waals surface area (Å²) in [6, 6.07) is 6.04. The number of esters is 1. The zero-order chi connectivity index (χ0) is 20.8. The third-order valence-corrected chi connectivity index (χ3v) is 4.47. The van der Waals surface area contributed by atoms with Crippen LogP contribution in [0.1, 0.15) is 53.1 Å². The number of ether oxygens (including phenoxy) is 1. The van der Waals surface area contributed by atoms with Gasteiger partial charge in [-0.3, -0.25) is 14.3 Å². The van der Waals surface area contributed by atoms with Crippen LogP contribution in [0.4, 0.5) is 5.69 Å². The minimum Gasteiger partial charge on any atom is -0.449 e. The lowest BCUT2D eigenvalue weighted by Gasteiger charge is -2.13. The predicted octanol–water partition coefficient (Wildman–Crippen LogP) is 2.93. The van der Waals surface area contributed by atoms with Gasteiger partial charge in [0.1, 0.15) is 10.7 Å². The number of amides is 2. The molecule has 0 saturated carbocycles. The van der Waals surface area contributed by atoms with Gasteiger partial charge in [0.25, 0.3) is 5.91 Å². The van der Waals surface area contributed by atoms with Crippen molar-refractivity contribution in [3.63, 3.8) is 0 Å². The number of nitrogens with one attached hydrogen (secondary N) is 1. The number of aromatic nitrogens is 2. The van der Waals surface area contributed by atoms with E-state index in [-0.39, 0.29) is 10.7 Å². The molecule has 0 radical (unpaired) electrons. The zero-order valence-corrected chi connectivity index (χ0v) is 16.7. The van der Waals surface area contributed by atoms with Crippen LogP contribution in [0.2, 0.25) is 5.15 Å². The third kappa shape index (κ3) is 5.10. The van der Waals surface area contributed by atoms with Gasteiger partial charge in [0.2, 0.25) is 5.91 Å². The van der Waals surface area contributed by atoms with E-state index < -0.39 is 23.9 Å². The standard InChI is InChI=1S/C19H23ClN4O4/c1-4-5-10-24-16(20)15(11(2)23-24)19(27)28-12(3)18(26)22-14-8-6-13(7-9-14)17(21)25/h6-9,12H,4-5,10H2,1-3H3,(H2,21,25)(H,22,26)/t12-/m0/s1. The molecule has 2 amide bonds. The van der Waals surface area contributed by atoms with Crippen molar-refractivity contribution in [1.82, 2.24) is 9.78 Å². The summed E-state index contributed by atoms with van der Waals surface area (Å²) in [6.07, 6.45) is 0.785. The molecule has 0 spiro atoms. The van der Waals surface area contributed by atoms with Crippen LogP contribution in [0.25, 0.3) is 0 Å². The molecule has 150 valence electrons. The van der Waals surface area contributed by atoms with Crippen molar-refractivity contribution in [2.24, 2.45) is 5.73 Å². The number of halogens is 1. The first-order chi connectivity index (χ1) is 13.2. The predicted molar refractivity (Wildman–Crippen MR) is 105 cm³/mol. The first-order valence-corrected chi connectivity index (χ1v) is 9.27. The van der Waals surface area contributed by atoms with E-state index in [0.717, 1.165) is 12.8 Å². The number of hydrogen-bond donors (Lipinski definition) is 2. The van der Waals surface area contributed by atoms with Gasteiger partial charge in [-0.05, 0) is 44.5 Å². The summed E-state index contributed by atoms with van der Waals surface area (Å²) in [5.74, 6) is -1.80. The fourth-order valence-corrected chi connectivity index (χ4v) is 2.81. The number of nitrogens with two attached hydrogens (primary N) is 1. The maximum absolute atomic E-state index is 12.5. The van der Waals surface area contributed by atoms with Crippen LogP contribution in [-0.4, -0.2) is 33.7 Å². The van der Waals surface area contributed by atoms with Gasteiger partial charge in [-0.15, -0.1) is 0 Å². The first kappa shape index (κ1) is 21.4. The summed E-state index contributed by atoms with van der Waals surface area (Å²) in [4.78, 5) is 35.8. The Hall–Kier alpha value is -2.87. The second kappa shape index (κ2) is 9.36. The SMILES string of the molecule is CCCCn1nc(C)c(C(=O)O[C@@H](C)C(=O)Nc2ccc(C(N)=O)cc2)c1Cl. The van der Waals surface area contributed by atoms with Crippen molar-refractivity contribution < 1.29 is 19.1 Å². The number of aryl methyl sites for hydroxylation is 2. The van der Waals surface area contributed by atoms with Crippen LogP contribution in [-0.2, 0) is 16.1 Å². The lowest BCUT2D eigenvalue weighted by Crippen LogP contribution is -2.30. The highest BCUT2D eigenvalue weighted by atomic mass is 35.5. The summed E-state index contributed by atoms with van der Waals surface area (Å²) in [5.41, 5.74) is 6.54. The van der Waals surface area contributed by atoms with Crippen molar-refractivity contribution >= 4 is 35.1 Å². The Kier molecular flexibility index (Phi) is 7.17. The molecule has 2 aromatic rings. The number of rotatable bonds is 8. The maximum atomic E-state index is 12.5. The molecule has 2 rings (SSSR count). The van der Waals surface area contributed by atoms with Gasteiger partial charge in [0.05, 0.1) is 5.69 Å². The number of carbonyl (C=O) groups is 3. The van der Waals surface area contributed by atoms with Crippen molar-refractivity contribution in [2.45, 2.75) is 46.3 Å². The molecule has 1 aromatic heterocycles. The van der Waals surface area contributed by atoms with Crippen LogP contribution in [0.3, 0.4) is 0 Å². The minimum atomic E-state index is -1.06. The van der Waals surface area contributed by atoms with Crippen LogP contribution in [0.5, 0.6) is 0 Å². The Morgan fingerprint density at radius 2 is 1.93 bits per heavy atom. The summed E-state index contributed by atoms with van der Waals surface area (Å²) < 4.78 is 6.81. The van der Waals surface area contributed by atoms with Gasteiger partial charge in [0, 0.05) is 17.8 Å². The average molecular weight is 407 g/mol. The number of hydrogen-bond acceptors (Lipinski definition) is 5. The summed E-state index contributed by atoms with van der Waals surface area (Å²) in [7, 11) is 0. The topological polar surface area (TPSA) is 116 Å². The normalized spacial score (nSPS) is 11.7. The van der Waals surface area contributed by atoms with E-state index >= 15 is 0 Å². The lowest BCUT2D eigenvalue weighted by atomic mass is 10.2. The second-order valence-corrected chi connectivity index (χ2v) is 6.66. The average Bonchev–Trinajstić information content (AvgIpc) is 2.93. The van der Waals surface area contributed by atoms with E-state index in [0.29, 0.717) is 23.5 Å². The second-order valence-electron chi connectivity index (χ2n) is 6.31. The van der Waals surface area contributed by atoms with Crippen molar-refractivity contribution in [2.75, 3.05) is 5.32 Å². The summed E-state index contributed by atoms with van der Waals surface area (Å²) in [6.45, 7) is 5.76. The number of anilines is 1.